The van der Waals surface area contributed by atoms with E-state index in [-0.39, 0.29) is 17.9 Å². The number of aromatic hydroxyl groups is 1. The van der Waals surface area contributed by atoms with E-state index in [1.165, 1.54) is 13.0 Å². The van der Waals surface area contributed by atoms with Gasteiger partial charge in [-0.2, -0.15) is 0 Å². The molecule has 0 radical (unpaired) electrons. The van der Waals surface area contributed by atoms with Crippen LogP contribution in [-0.2, 0) is 9.59 Å². The van der Waals surface area contributed by atoms with E-state index in [1.54, 1.807) is 32.9 Å². The third-order valence-electron chi connectivity index (χ3n) is 10.5. The second-order valence-corrected chi connectivity index (χ2v) is 12.6. The van der Waals surface area contributed by atoms with Gasteiger partial charge in [0.2, 0.25) is 5.91 Å². The second kappa shape index (κ2) is 9.62. The van der Waals surface area contributed by atoms with Gasteiger partial charge in [0.25, 0.3) is 0 Å². The van der Waals surface area contributed by atoms with Crippen LogP contribution in [0.25, 0.3) is 0 Å². The number of aliphatic hydroxyl groups is 4. The smallest absolute Gasteiger partial charge is 0.230 e. The van der Waals surface area contributed by atoms with Crippen molar-refractivity contribution in [3.05, 3.63) is 59.7 Å². The first-order valence-corrected chi connectivity index (χ1v) is 13.9. The summed E-state index contributed by atoms with van der Waals surface area (Å²) in [6.45, 7) is 6.65. The third-order valence-corrected chi connectivity index (χ3v) is 10.5. The molecule has 3 aliphatic rings. The molecule has 0 heterocycles. The molecule has 0 aliphatic heterocycles. The predicted molar refractivity (Wildman–Crippen MR) is 149 cm³/mol. The predicted octanol–water partition coefficient (Wildman–Crippen LogP) is 1.20. The number of rotatable bonds is 5. The van der Waals surface area contributed by atoms with Crippen molar-refractivity contribution in [1.82, 2.24) is 0 Å². The van der Waals surface area contributed by atoms with Crippen molar-refractivity contribution in [3.8, 4) is 5.75 Å². The highest BCUT2D eigenvalue weighted by atomic mass is 16.4. The SMILES string of the molecule is CC(C)[C@H]1C(O)[C@@H](C(N)=O)C(=O)[C@]2(O)C(O)[C@H]3C(=O)c4c(O)cccc4[C@@H](CNc4ccccc4)[C@]3(C)[C@@H](O)[C@]12C. The standard InChI is InChI=1S/C31H38N2O8/c1-14(2)21-24(36)20(27(32)39)25(37)31(41)26(38)22-23(35)19-16(11-8-12-18(19)34)17(13-33-15-9-6-5-7-10-15)29(22,3)28(40)30(21,31)4/h5-12,14,17,20-22,24,26,28,33-34,36,38,40-41H,13H2,1-4H3,(H2,32,39)/t17-,20-,21+,22-,24?,26?,28-,29+,30+,31+/m1/s1. The summed E-state index contributed by atoms with van der Waals surface area (Å²) in [7, 11) is 0. The average Bonchev–Trinajstić information content (AvgIpc) is 2.90. The molecule has 0 saturated heterocycles. The van der Waals surface area contributed by atoms with Crippen LogP contribution in [0.2, 0.25) is 0 Å². The highest BCUT2D eigenvalue weighted by Crippen LogP contribution is 2.68. The van der Waals surface area contributed by atoms with Crippen molar-refractivity contribution in [2.75, 3.05) is 11.9 Å². The zero-order chi connectivity index (χ0) is 30.2. The lowest BCUT2D eigenvalue weighted by Crippen LogP contribution is -2.84. The fourth-order valence-corrected chi connectivity index (χ4v) is 8.66. The number of anilines is 1. The molecule has 10 heteroatoms. The Balaban J connectivity index is 1.77. The van der Waals surface area contributed by atoms with Crippen LogP contribution >= 0.6 is 0 Å². The van der Waals surface area contributed by atoms with E-state index in [4.69, 9.17) is 5.73 Å². The Hall–Kier alpha value is -3.31. The summed E-state index contributed by atoms with van der Waals surface area (Å²) in [6, 6.07) is 13.8. The van der Waals surface area contributed by atoms with Crippen LogP contribution in [0.1, 0.15) is 49.5 Å². The van der Waals surface area contributed by atoms with Crippen LogP contribution in [0.5, 0.6) is 5.75 Å². The van der Waals surface area contributed by atoms with Gasteiger partial charge in [0.05, 0.1) is 23.7 Å². The zero-order valence-corrected chi connectivity index (χ0v) is 23.5. The number of carbonyl (C=O) groups excluding carboxylic acids is 3. The summed E-state index contributed by atoms with van der Waals surface area (Å²) in [6.07, 6.45) is -5.39. The number of nitrogens with two attached hydrogens (primary N) is 1. The molecule has 5 rings (SSSR count). The third kappa shape index (κ3) is 3.60. The molecule has 0 spiro atoms. The van der Waals surface area contributed by atoms with Gasteiger partial charge < -0.3 is 36.6 Å². The number of nitrogens with one attached hydrogen (secondary N) is 1. The summed E-state index contributed by atoms with van der Waals surface area (Å²) in [5.74, 6) is -9.19. The molecule has 10 atom stereocenters. The Bertz CT molecular complexity index is 1400. The molecule has 2 aromatic rings. The van der Waals surface area contributed by atoms with Gasteiger partial charge in [0.1, 0.15) is 17.8 Å². The minimum absolute atomic E-state index is 0.0663. The van der Waals surface area contributed by atoms with Gasteiger partial charge in [-0.05, 0) is 35.6 Å². The van der Waals surface area contributed by atoms with Crippen molar-refractivity contribution in [2.45, 2.75) is 57.5 Å². The molecule has 41 heavy (non-hydrogen) atoms. The summed E-state index contributed by atoms with van der Waals surface area (Å²) in [5.41, 5.74) is 0.412. The number of aliphatic hydroxyl groups excluding tert-OH is 3. The fraction of sp³-hybridized carbons (Fsp3) is 0.516. The minimum atomic E-state index is -2.82. The lowest BCUT2D eigenvalue weighted by Gasteiger charge is -2.69. The molecular formula is C31H38N2O8. The highest BCUT2D eigenvalue weighted by molar-refractivity contribution is 6.09. The summed E-state index contributed by atoms with van der Waals surface area (Å²) in [4.78, 5) is 40.5. The number of primary amides is 1. The van der Waals surface area contributed by atoms with E-state index in [0.29, 0.717) is 5.56 Å². The van der Waals surface area contributed by atoms with Gasteiger partial charge in [-0.1, -0.05) is 58.0 Å². The first-order valence-electron chi connectivity index (χ1n) is 13.9. The number of Topliss-reactive ketones (excluding diaryl/α,β-unsaturated/α-hetero) is 2. The van der Waals surface area contributed by atoms with Crippen LogP contribution in [0.15, 0.2) is 48.5 Å². The first kappa shape index (κ1) is 29.2. The number of para-hydroxylation sites is 1. The Morgan fingerprint density at radius 1 is 1.02 bits per heavy atom. The topological polar surface area (TPSA) is 190 Å². The number of fused-ring (bicyclic) bond motifs is 3. The van der Waals surface area contributed by atoms with E-state index in [9.17, 15) is 39.9 Å². The van der Waals surface area contributed by atoms with Crippen LogP contribution in [0, 0.1) is 34.5 Å². The van der Waals surface area contributed by atoms with Gasteiger partial charge >= 0.3 is 0 Å². The van der Waals surface area contributed by atoms with Crippen LogP contribution < -0.4 is 11.1 Å². The molecule has 2 aromatic carbocycles. The van der Waals surface area contributed by atoms with Gasteiger partial charge in [-0.25, -0.2) is 0 Å². The maximum absolute atomic E-state index is 14.2. The van der Waals surface area contributed by atoms with E-state index >= 15 is 0 Å². The molecule has 0 aromatic heterocycles. The summed E-state index contributed by atoms with van der Waals surface area (Å²) < 4.78 is 0. The Labute approximate surface area is 238 Å². The molecule has 220 valence electrons. The number of amides is 1. The second-order valence-electron chi connectivity index (χ2n) is 12.6. The Morgan fingerprint density at radius 3 is 2.24 bits per heavy atom. The monoisotopic (exact) mass is 566 g/mol. The fourth-order valence-electron chi connectivity index (χ4n) is 8.66. The van der Waals surface area contributed by atoms with Gasteiger partial charge in [-0.15, -0.1) is 0 Å². The summed E-state index contributed by atoms with van der Waals surface area (Å²) >= 11 is 0. The largest absolute Gasteiger partial charge is 0.507 e. The molecule has 0 bridgehead atoms. The average molecular weight is 567 g/mol. The van der Waals surface area contributed by atoms with Crippen LogP contribution in [-0.4, -0.2) is 73.5 Å². The maximum atomic E-state index is 14.2. The Kier molecular flexibility index (Phi) is 6.85. The van der Waals surface area contributed by atoms with Crippen molar-refractivity contribution in [1.29, 1.82) is 0 Å². The van der Waals surface area contributed by atoms with Crippen molar-refractivity contribution in [2.24, 2.45) is 40.2 Å². The van der Waals surface area contributed by atoms with E-state index in [1.807, 2.05) is 30.3 Å². The van der Waals surface area contributed by atoms with Crippen LogP contribution in [0.4, 0.5) is 5.69 Å². The minimum Gasteiger partial charge on any atom is -0.507 e. The number of phenolic OH excluding ortho intramolecular Hbond substituents is 1. The van der Waals surface area contributed by atoms with E-state index < -0.39 is 81.8 Å². The van der Waals surface area contributed by atoms with Crippen molar-refractivity contribution in [3.63, 3.8) is 0 Å². The molecule has 2 fully saturated rings. The lowest BCUT2D eigenvalue weighted by atomic mass is 9.36. The number of benzene rings is 2. The number of hydrogen-bond acceptors (Lipinski definition) is 9. The molecule has 2 saturated carbocycles. The van der Waals surface area contributed by atoms with E-state index in [0.717, 1.165) is 5.69 Å². The van der Waals surface area contributed by atoms with E-state index in [2.05, 4.69) is 5.32 Å². The molecule has 3 aliphatic carbocycles. The van der Waals surface area contributed by atoms with Crippen molar-refractivity contribution >= 4 is 23.2 Å². The van der Waals surface area contributed by atoms with Gasteiger partial charge in [0, 0.05) is 29.0 Å². The molecular weight excluding hydrogens is 528 g/mol. The number of ketones is 2. The normalized spacial score (nSPS) is 40.0. The molecule has 2 unspecified atom stereocenters. The Morgan fingerprint density at radius 2 is 1.66 bits per heavy atom. The molecule has 8 N–H and O–H groups in total. The maximum Gasteiger partial charge on any atom is 0.230 e. The quantitative estimate of drug-likeness (QED) is 0.261. The number of hydrogen-bond donors (Lipinski definition) is 7. The van der Waals surface area contributed by atoms with Gasteiger partial charge in [0.15, 0.2) is 17.2 Å². The van der Waals surface area contributed by atoms with Gasteiger partial charge in [-0.3, -0.25) is 14.4 Å². The number of carbonyl (C=O) groups is 3. The molecule has 10 nitrogen and oxygen atoms in total. The lowest BCUT2D eigenvalue weighted by molar-refractivity contribution is -0.306. The van der Waals surface area contributed by atoms with Crippen molar-refractivity contribution < 1.29 is 39.9 Å². The summed E-state index contributed by atoms with van der Waals surface area (Å²) in [5, 5.41) is 62.3. The zero-order valence-electron chi connectivity index (χ0n) is 23.5. The first-order chi connectivity index (χ1) is 19.2. The highest BCUT2D eigenvalue weighted by Gasteiger charge is 2.80. The van der Waals surface area contributed by atoms with Crippen LogP contribution in [0.3, 0.4) is 0 Å². The molecule has 1 amide bonds. The number of phenols is 1.